The van der Waals surface area contributed by atoms with E-state index in [-0.39, 0.29) is 19.4 Å². The maximum atomic E-state index is 13.6. The highest BCUT2D eigenvalue weighted by molar-refractivity contribution is 9.11. The van der Waals surface area contributed by atoms with E-state index in [0.29, 0.717) is 9.85 Å². The van der Waals surface area contributed by atoms with Crippen molar-refractivity contribution in [1.29, 1.82) is 0 Å². The molecule has 0 saturated carbocycles. The number of sulfonamides is 1. The molecule has 2 aromatic rings. The molecule has 10 heteroatoms. The maximum Gasteiger partial charge on any atom is 0.271 e. The van der Waals surface area contributed by atoms with Crippen LogP contribution >= 0.6 is 54.8 Å². The van der Waals surface area contributed by atoms with Gasteiger partial charge >= 0.3 is 0 Å². The van der Waals surface area contributed by atoms with E-state index in [1.54, 1.807) is 0 Å². The van der Waals surface area contributed by atoms with Gasteiger partial charge in [0.05, 0.1) is 14.5 Å². The first-order valence-corrected chi connectivity index (χ1v) is 9.09. The largest absolute Gasteiger partial charge is 0.275 e. The first-order chi connectivity index (χ1) is 9.20. The summed E-state index contributed by atoms with van der Waals surface area (Å²) < 4.78 is 53.1. The minimum Gasteiger partial charge on any atom is -0.275 e. The van der Waals surface area contributed by atoms with E-state index in [4.69, 9.17) is 11.6 Å². The van der Waals surface area contributed by atoms with E-state index in [1.807, 2.05) is 0 Å². The predicted molar refractivity (Wildman–Crippen MR) is 81.9 cm³/mol. The first kappa shape index (κ1) is 16.2. The number of nitrogens with one attached hydrogen (secondary N) is 1. The third-order valence-corrected chi connectivity index (χ3v) is 7.05. The Morgan fingerprint density at radius 2 is 1.85 bits per heavy atom. The molecule has 0 aliphatic rings. The van der Waals surface area contributed by atoms with Crippen molar-refractivity contribution in [2.45, 2.75) is 4.21 Å². The van der Waals surface area contributed by atoms with E-state index in [1.165, 1.54) is 6.07 Å². The molecule has 0 bridgehead atoms. The summed E-state index contributed by atoms with van der Waals surface area (Å²) in [5.41, 5.74) is -0.368. The zero-order chi connectivity index (χ0) is 15.1. The van der Waals surface area contributed by atoms with Gasteiger partial charge in [0, 0.05) is 10.5 Å². The molecule has 0 fully saturated rings. The molecule has 0 saturated heterocycles. The second-order valence-corrected chi connectivity index (χ2v) is 9.08. The average Bonchev–Trinajstić information content (AvgIpc) is 2.65. The van der Waals surface area contributed by atoms with Crippen molar-refractivity contribution in [3.05, 3.63) is 43.1 Å². The fourth-order valence-corrected chi connectivity index (χ4v) is 5.41. The third kappa shape index (κ3) is 3.33. The Hall–Kier alpha value is -0.220. The minimum atomic E-state index is -4.01. The molecule has 1 aromatic carbocycles. The van der Waals surface area contributed by atoms with Crippen LogP contribution in [0.2, 0.25) is 5.02 Å². The summed E-state index contributed by atoms with van der Waals surface area (Å²) in [6.45, 7) is 0. The molecule has 20 heavy (non-hydrogen) atoms. The van der Waals surface area contributed by atoms with Crippen molar-refractivity contribution < 1.29 is 17.2 Å². The van der Waals surface area contributed by atoms with Crippen molar-refractivity contribution in [2.24, 2.45) is 0 Å². The Morgan fingerprint density at radius 1 is 1.20 bits per heavy atom. The van der Waals surface area contributed by atoms with Crippen LogP contribution in [0, 0.1) is 11.6 Å². The Morgan fingerprint density at radius 3 is 2.35 bits per heavy atom. The zero-order valence-corrected chi connectivity index (χ0v) is 14.8. The van der Waals surface area contributed by atoms with Gasteiger partial charge in [0.2, 0.25) is 0 Å². The third-order valence-electron chi connectivity index (χ3n) is 2.13. The van der Waals surface area contributed by atoms with Gasteiger partial charge in [-0.05, 0) is 44.0 Å². The Bertz CT molecular complexity index is 737. The van der Waals surface area contributed by atoms with Gasteiger partial charge in [0.1, 0.15) is 10.0 Å². The summed E-state index contributed by atoms with van der Waals surface area (Å²) in [4.78, 5) is 0. The van der Waals surface area contributed by atoms with E-state index < -0.39 is 21.7 Å². The van der Waals surface area contributed by atoms with E-state index >= 15 is 0 Å². The second kappa shape index (κ2) is 5.88. The summed E-state index contributed by atoms with van der Waals surface area (Å²) in [7, 11) is -4.01. The summed E-state index contributed by atoms with van der Waals surface area (Å²) in [5, 5.41) is 0.231. The van der Waals surface area contributed by atoms with Gasteiger partial charge in [-0.15, -0.1) is 11.3 Å². The molecule has 0 aliphatic carbocycles. The van der Waals surface area contributed by atoms with Crippen LogP contribution in [0.5, 0.6) is 0 Å². The zero-order valence-electron chi connectivity index (χ0n) is 9.25. The van der Waals surface area contributed by atoms with Gasteiger partial charge in [-0.2, -0.15) is 0 Å². The molecule has 0 unspecified atom stereocenters. The Labute approximate surface area is 139 Å². The first-order valence-electron chi connectivity index (χ1n) is 4.83. The van der Waals surface area contributed by atoms with Crippen LogP contribution < -0.4 is 4.72 Å². The van der Waals surface area contributed by atoms with Crippen molar-refractivity contribution >= 4 is 70.5 Å². The van der Waals surface area contributed by atoms with Crippen LogP contribution in [0.25, 0.3) is 0 Å². The lowest BCUT2D eigenvalue weighted by Gasteiger charge is -2.09. The highest BCUT2D eigenvalue weighted by Gasteiger charge is 2.22. The monoisotopic (exact) mass is 465 g/mol. The molecule has 1 heterocycles. The van der Waals surface area contributed by atoms with Crippen LogP contribution in [-0.2, 0) is 10.0 Å². The molecule has 108 valence electrons. The molecule has 3 nitrogen and oxygen atoms in total. The standard InChI is InChI=1S/C10H4Br2ClF2NO2S2/c11-5-1-4(14)2-7(15)9(5)16-20(17,18)8-3-6(13)10(12)19-8/h1-3,16H. The second-order valence-electron chi connectivity index (χ2n) is 3.54. The molecule has 1 aromatic heterocycles. The molecule has 0 radical (unpaired) electrons. The van der Waals surface area contributed by atoms with E-state index in [2.05, 4.69) is 36.6 Å². The Kier molecular flexibility index (Phi) is 4.75. The number of benzene rings is 1. The van der Waals surface area contributed by atoms with Gasteiger partial charge in [-0.1, -0.05) is 11.6 Å². The lowest BCUT2D eigenvalue weighted by atomic mass is 10.3. The topological polar surface area (TPSA) is 46.2 Å². The molecule has 2 rings (SSSR count). The summed E-state index contributed by atoms with van der Waals surface area (Å²) in [5.74, 6) is -1.85. The van der Waals surface area contributed by atoms with Crippen LogP contribution in [0.15, 0.2) is 30.7 Å². The van der Waals surface area contributed by atoms with Crippen LogP contribution in [0.3, 0.4) is 0 Å². The van der Waals surface area contributed by atoms with Crippen molar-refractivity contribution in [1.82, 2.24) is 0 Å². The number of halogens is 5. The molecular weight excluding hydrogens is 464 g/mol. The van der Waals surface area contributed by atoms with Crippen molar-refractivity contribution in [3.8, 4) is 0 Å². The van der Waals surface area contributed by atoms with Gasteiger partial charge in [0.25, 0.3) is 10.0 Å². The van der Waals surface area contributed by atoms with Crippen molar-refractivity contribution in [2.75, 3.05) is 4.72 Å². The summed E-state index contributed by atoms with van der Waals surface area (Å²) in [6.07, 6.45) is 0. The molecular formula is C10H4Br2ClF2NO2S2. The molecule has 0 atom stereocenters. The number of anilines is 1. The summed E-state index contributed by atoms with van der Waals surface area (Å²) >= 11 is 12.6. The number of thiophene rings is 1. The molecule has 0 amide bonds. The van der Waals surface area contributed by atoms with E-state index in [9.17, 15) is 17.2 Å². The molecule has 1 N–H and O–H groups in total. The highest BCUT2D eigenvalue weighted by Crippen LogP contribution is 2.36. The average molecular weight is 468 g/mol. The van der Waals surface area contributed by atoms with E-state index in [0.717, 1.165) is 17.4 Å². The van der Waals surface area contributed by atoms with Crippen LogP contribution in [0.1, 0.15) is 0 Å². The normalized spacial score (nSPS) is 11.7. The lowest BCUT2D eigenvalue weighted by Crippen LogP contribution is -2.13. The van der Waals surface area contributed by atoms with Gasteiger partial charge < -0.3 is 0 Å². The van der Waals surface area contributed by atoms with Crippen LogP contribution in [0.4, 0.5) is 14.5 Å². The number of hydrogen-bond acceptors (Lipinski definition) is 3. The lowest BCUT2D eigenvalue weighted by molar-refractivity contribution is 0.582. The Balaban J connectivity index is 2.43. The predicted octanol–water partition coefficient (Wildman–Crippen LogP) is 5.01. The number of hydrogen-bond donors (Lipinski definition) is 1. The van der Waals surface area contributed by atoms with Crippen molar-refractivity contribution in [3.63, 3.8) is 0 Å². The highest BCUT2D eigenvalue weighted by atomic mass is 79.9. The maximum absolute atomic E-state index is 13.6. The minimum absolute atomic E-state index is 0.0414. The van der Waals surface area contributed by atoms with Crippen LogP contribution in [-0.4, -0.2) is 8.42 Å². The van der Waals surface area contributed by atoms with Gasteiger partial charge in [0.15, 0.2) is 5.82 Å². The SMILES string of the molecule is O=S(=O)(Nc1c(F)cc(F)cc1Br)c1cc(Cl)c(Br)s1. The quantitative estimate of drug-likeness (QED) is 0.690. The number of rotatable bonds is 3. The smallest absolute Gasteiger partial charge is 0.271 e. The van der Waals surface area contributed by atoms with Gasteiger partial charge in [-0.25, -0.2) is 17.2 Å². The fraction of sp³-hybridized carbons (Fsp3) is 0. The summed E-state index contributed by atoms with van der Waals surface area (Å²) in [6, 6.07) is 2.77. The molecule has 0 spiro atoms. The van der Waals surface area contributed by atoms with Gasteiger partial charge in [-0.3, -0.25) is 4.72 Å². The fourth-order valence-electron chi connectivity index (χ4n) is 1.28. The molecule has 0 aliphatic heterocycles.